The number of aromatic nitrogens is 2. The summed E-state index contributed by atoms with van der Waals surface area (Å²) in [6.07, 6.45) is 6.99. The van der Waals surface area contributed by atoms with Crippen LogP contribution in [-0.4, -0.2) is 22.1 Å². The predicted molar refractivity (Wildman–Crippen MR) is 61.8 cm³/mol. The van der Waals surface area contributed by atoms with Gasteiger partial charge in [0, 0.05) is 11.6 Å². The molecular formula is C11H16N4O. The summed E-state index contributed by atoms with van der Waals surface area (Å²) in [5, 5.41) is 9.53. The van der Waals surface area contributed by atoms with Crippen molar-refractivity contribution in [1.29, 1.82) is 0 Å². The van der Waals surface area contributed by atoms with Crippen LogP contribution >= 0.6 is 0 Å². The third-order valence-corrected chi connectivity index (χ3v) is 2.80. The molecule has 1 aliphatic rings. The van der Waals surface area contributed by atoms with Crippen molar-refractivity contribution >= 4 is 11.7 Å². The lowest BCUT2D eigenvalue weighted by molar-refractivity contribution is -0.118. The van der Waals surface area contributed by atoms with E-state index >= 15 is 0 Å². The van der Waals surface area contributed by atoms with E-state index in [2.05, 4.69) is 15.5 Å². The Hall–Kier alpha value is -1.62. The molecule has 0 aliphatic heterocycles. The molecule has 0 saturated heterocycles. The fourth-order valence-electron chi connectivity index (χ4n) is 1.82. The van der Waals surface area contributed by atoms with Crippen LogP contribution in [0.25, 0.3) is 0 Å². The van der Waals surface area contributed by atoms with Crippen LogP contribution in [0.4, 0.5) is 5.82 Å². The Morgan fingerprint density at radius 2 is 2.50 bits per heavy atom. The number of H-pyrrole nitrogens is 1. The molecule has 2 rings (SSSR count). The second kappa shape index (κ2) is 4.49. The number of nitrogens with two attached hydrogens (primary N) is 1. The van der Waals surface area contributed by atoms with Crippen molar-refractivity contribution in [3.8, 4) is 0 Å². The van der Waals surface area contributed by atoms with Crippen molar-refractivity contribution in [1.82, 2.24) is 10.2 Å². The van der Waals surface area contributed by atoms with E-state index in [-0.39, 0.29) is 17.9 Å². The van der Waals surface area contributed by atoms with Crippen LogP contribution in [0.5, 0.6) is 0 Å². The Kier molecular flexibility index (Phi) is 3.05. The number of hydrogen-bond donors (Lipinski definition) is 3. The van der Waals surface area contributed by atoms with E-state index in [0.29, 0.717) is 12.2 Å². The highest BCUT2D eigenvalue weighted by molar-refractivity contribution is 5.93. The highest BCUT2D eigenvalue weighted by atomic mass is 16.1. The summed E-state index contributed by atoms with van der Waals surface area (Å²) in [6, 6.07) is 0.00293. The molecule has 0 aromatic carbocycles. The van der Waals surface area contributed by atoms with Gasteiger partial charge in [-0.2, -0.15) is 5.10 Å². The van der Waals surface area contributed by atoms with Gasteiger partial charge in [0.1, 0.15) is 5.82 Å². The Labute approximate surface area is 94.1 Å². The Morgan fingerprint density at radius 1 is 1.69 bits per heavy atom. The van der Waals surface area contributed by atoms with E-state index in [4.69, 9.17) is 5.73 Å². The minimum absolute atomic E-state index is 0.00293. The summed E-state index contributed by atoms with van der Waals surface area (Å²) in [6.45, 7) is 2.02. The maximum atomic E-state index is 11.9. The molecule has 4 N–H and O–H groups in total. The van der Waals surface area contributed by atoms with Gasteiger partial charge in [0.2, 0.25) is 5.91 Å². The lowest BCUT2D eigenvalue weighted by Gasteiger charge is -2.09. The fourth-order valence-corrected chi connectivity index (χ4v) is 1.82. The van der Waals surface area contributed by atoms with Crippen molar-refractivity contribution in [3.63, 3.8) is 0 Å². The third-order valence-electron chi connectivity index (χ3n) is 2.80. The molecule has 2 atom stereocenters. The second-order valence-corrected chi connectivity index (χ2v) is 4.00. The number of nitrogens with zero attached hydrogens (tertiary/aromatic N) is 1. The molecule has 16 heavy (non-hydrogen) atoms. The van der Waals surface area contributed by atoms with Crippen LogP contribution in [0.1, 0.15) is 18.9 Å². The number of anilines is 1. The van der Waals surface area contributed by atoms with Gasteiger partial charge in [-0.15, -0.1) is 0 Å². The van der Waals surface area contributed by atoms with Gasteiger partial charge in [-0.05, 0) is 12.8 Å². The van der Waals surface area contributed by atoms with Crippen LogP contribution in [-0.2, 0) is 11.2 Å². The minimum Gasteiger partial charge on any atom is -0.324 e. The van der Waals surface area contributed by atoms with E-state index in [9.17, 15) is 4.79 Å². The van der Waals surface area contributed by atoms with Crippen LogP contribution in [0.15, 0.2) is 18.3 Å². The van der Waals surface area contributed by atoms with Gasteiger partial charge in [-0.25, -0.2) is 0 Å². The number of aryl methyl sites for hydroxylation is 1. The van der Waals surface area contributed by atoms with E-state index in [0.717, 1.165) is 12.0 Å². The number of hydrogen-bond acceptors (Lipinski definition) is 3. The second-order valence-electron chi connectivity index (χ2n) is 4.00. The third kappa shape index (κ3) is 2.14. The first-order chi connectivity index (χ1) is 7.70. The molecule has 1 amide bonds. The molecule has 0 fully saturated rings. The van der Waals surface area contributed by atoms with Gasteiger partial charge in [0.25, 0.3) is 0 Å². The van der Waals surface area contributed by atoms with Crippen LogP contribution in [0, 0.1) is 5.92 Å². The predicted octanol–water partition coefficient (Wildman–Crippen LogP) is 0.814. The molecule has 1 heterocycles. The van der Waals surface area contributed by atoms with E-state index in [1.54, 1.807) is 6.20 Å². The number of carbonyl (C=O) groups is 1. The van der Waals surface area contributed by atoms with Crippen LogP contribution < -0.4 is 11.1 Å². The van der Waals surface area contributed by atoms with Crippen LogP contribution in [0.3, 0.4) is 0 Å². The zero-order chi connectivity index (χ0) is 11.5. The molecule has 0 saturated carbocycles. The molecule has 1 aromatic rings. The molecule has 1 aromatic heterocycles. The lowest BCUT2D eigenvalue weighted by Crippen LogP contribution is -2.24. The number of rotatable bonds is 3. The van der Waals surface area contributed by atoms with Gasteiger partial charge >= 0.3 is 0 Å². The molecule has 0 radical (unpaired) electrons. The summed E-state index contributed by atoms with van der Waals surface area (Å²) >= 11 is 0. The number of carbonyl (C=O) groups excluding carboxylic acids is 1. The summed E-state index contributed by atoms with van der Waals surface area (Å²) in [7, 11) is 0. The quantitative estimate of drug-likeness (QED) is 0.659. The average molecular weight is 220 g/mol. The maximum Gasteiger partial charge on any atom is 0.232 e. The zero-order valence-electron chi connectivity index (χ0n) is 9.23. The standard InChI is InChI=1S/C11H16N4O/c1-2-7-6-13-15-10(7)14-11(16)8-3-4-9(12)5-8/h3-4,6,8-9H,2,5,12H2,1H3,(H2,13,14,15,16). The lowest BCUT2D eigenvalue weighted by atomic mass is 10.1. The van der Waals surface area contributed by atoms with Gasteiger partial charge in [0.15, 0.2) is 0 Å². The van der Waals surface area contributed by atoms with E-state index < -0.39 is 0 Å². The average Bonchev–Trinajstić information content (AvgIpc) is 2.86. The van der Waals surface area contributed by atoms with Gasteiger partial charge in [-0.1, -0.05) is 19.1 Å². The molecule has 2 unspecified atom stereocenters. The summed E-state index contributed by atoms with van der Waals surface area (Å²) < 4.78 is 0. The van der Waals surface area contributed by atoms with Gasteiger partial charge < -0.3 is 11.1 Å². The zero-order valence-corrected chi connectivity index (χ0v) is 9.23. The summed E-state index contributed by atoms with van der Waals surface area (Å²) in [5.74, 6) is 0.549. The van der Waals surface area contributed by atoms with Crippen molar-refractivity contribution in [2.45, 2.75) is 25.8 Å². The Morgan fingerprint density at radius 3 is 3.12 bits per heavy atom. The molecular weight excluding hydrogens is 204 g/mol. The van der Waals surface area contributed by atoms with Crippen molar-refractivity contribution in [2.75, 3.05) is 5.32 Å². The highest BCUT2D eigenvalue weighted by Crippen LogP contribution is 2.19. The SMILES string of the molecule is CCc1cn[nH]c1NC(=O)C1C=CC(N)C1. The normalized spacial score (nSPS) is 23.6. The molecule has 1 aliphatic carbocycles. The number of nitrogens with one attached hydrogen (secondary N) is 2. The van der Waals surface area contributed by atoms with Crippen molar-refractivity contribution < 1.29 is 4.79 Å². The smallest absolute Gasteiger partial charge is 0.232 e. The first-order valence-electron chi connectivity index (χ1n) is 5.47. The summed E-state index contributed by atoms with van der Waals surface area (Å²) in [4.78, 5) is 11.9. The highest BCUT2D eigenvalue weighted by Gasteiger charge is 2.23. The van der Waals surface area contributed by atoms with Gasteiger partial charge in [0.05, 0.1) is 12.1 Å². The monoisotopic (exact) mass is 220 g/mol. The number of aromatic amines is 1. The molecule has 5 heteroatoms. The first kappa shape index (κ1) is 10.9. The minimum atomic E-state index is -0.122. The Balaban J connectivity index is 2.00. The largest absolute Gasteiger partial charge is 0.324 e. The van der Waals surface area contributed by atoms with Crippen molar-refractivity contribution in [2.24, 2.45) is 11.7 Å². The fraction of sp³-hybridized carbons (Fsp3) is 0.455. The first-order valence-corrected chi connectivity index (χ1v) is 5.47. The van der Waals surface area contributed by atoms with E-state index in [1.165, 1.54) is 0 Å². The molecule has 5 nitrogen and oxygen atoms in total. The molecule has 0 bridgehead atoms. The van der Waals surface area contributed by atoms with Crippen molar-refractivity contribution in [3.05, 3.63) is 23.9 Å². The molecule has 0 spiro atoms. The number of amides is 1. The molecule has 86 valence electrons. The topological polar surface area (TPSA) is 83.8 Å². The van der Waals surface area contributed by atoms with E-state index in [1.807, 2.05) is 19.1 Å². The Bertz CT molecular complexity index is 410. The summed E-state index contributed by atoms with van der Waals surface area (Å²) in [5.41, 5.74) is 6.72. The van der Waals surface area contributed by atoms with Gasteiger partial charge in [-0.3, -0.25) is 9.89 Å². The maximum absolute atomic E-state index is 11.9. The van der Waals surface area contributed by atoms with Crippen LogP contribution in [0.2, 0.25) is 0 Å².